The summed E-state index contributed by atoms with van der Waals surface area (Å²) in [5.41, 5.74) is 9.56. The summed E-state index contributed by atoms with van der Waals surface area (Å²) in [5.74, 6) is 1.45. The van der Waals surface area contributed by atoms with Gasteiger partial charge in [0.1, 0.15) is 23.8 Å². The quantitative estimate of drug-likeness (QED) is 0.365. The number of hydrogen-bond acceptors (Lipinski definition) is 7. The molecule has 0 radical (unpaired) electrons. The normalized spacial score (nSPS) is 16.5. The van der Waals surface area contributed by atoms with Crippen molar-refractivity contribution < 1.29 is 9.47 Å². The number of pyridine rings is 2. The zero-order chi connectivity index (χ0) is 23.9. The second-order valence-electron chi connectivity index (χ2n) is 8.79. The van der Waals surface area contributed by atoms with E-state index in [9.17, 15) is 0 Å². The van der Waals surface area contributed by atoms with Gasteiger partial charge in [-0.05, 0) is 50.1 Å². The number of anilines is 2. The van der Waals surface area contributed by atoms with Crippen LogP contribution in [0.3, 0.4) is 0 Å². The van der Waals surface area contributed by atoms with Crippen molar-refractivity contribution in [3.8, 4) is 5.75 Å². The maximum Gasteiger partial charge on any atom is 0.128 e. The van der Waals surface area contributed by atoms with Crippen molar-refractivity contribution in [1.82, 2.24) is 9.97 Å². The Balaban J connectivity index is 1.29. The molecule has 4 heterocycles. The Morgan fingerprint density at radius 2 is 2.03 bits per heavy atom. The van der Waals surface area contributed by atoms with Crippen LogP contribution in [0.1, 0.15) is 35.2 Å². The maximum atomic E-state index is 8.71. The molecule has 3 N–H and O–H groups in total. The Morgan fingerprint density at radius 1 is 1.21 bits per heavy atom. The number of nitrogens with two attached hydrogens (primary N) is 1. The first-order valence-electron chi connectivity index (χ1n) is 11.1. The Kier molecular flexibility index (Phi) is 6.10. The smallest absolute Gasteiger partial charge is 0.128 e. The first kappa shape index (κ1) is 22.9. The molecule has 0 bridgehead atoms. The monoisotopic (exact) mass is 497 g/mol. The molecule has 34 heavy (non-hydrogen) atoms. The molecule has 2 fully saturated rings. The van der Waals surface area contributed by atoms with Gasteiger partial charge in [-0.3, -0.25) is 10.4 Å². The van der Waals surface area contributed by atoms with Gasteiger partial charge >= 0.3 is 0 Å². The molecule has 176 valence electrons. The van der Waals surface area contributed by atoms with Crippen molar-refractivity contribution in [2.24, 2.45) is 0 Å². The van der Waals surface area contributed by atoms with Gasteiger partial charge in [-0.15, -0.1) is 0 Å². The van der Waals surface area contributed by atoms with Crippen LogP contribution >= 0.6 is 23.2 Å². The molecule has 0 atom stereocenters. The van der Waals surface area contributed by atoms with Crippen molar-refractivity contribution in [2.45, 2.75) is 32.0 Å². The number of halogens is 2. The number of nitrogen functional groups attached to an aromatic ring is 1. The van der Waals surface area contributed by atoms with Crippen molar-refractivity contribution in [2.75, 3.05) is 30.3 Å². The topological polar surface area (TPSA) is 97.4 Å². The fourth-order valence-corrected chi connectivity index (χ4v) is 4.88. The zero-order valence-electron chi connectivity index (χ0n) is 18.8. The molecule has 0 aliphatic carbocycles. The molecule has 0 saturated carbocycles. The first-order valence-corrected chi connectivity index (χ1v) is 11.9. The van der Waals surface area contributed by atoms with Crippen LogP contribution in [0, 0.1) is 12.3 Å². The average Bonchev–Trinajstić information content (AvgIpc) is 3.32. The molecular formula is C25H25Cl2N5O2. The van der Waals surface area contributed by atoms with E-state index >= 15 is 0 Å². The van der Waals surface area contributed by atoms with E-state index in [0.717, 1.165) is 38.4 Å². The molecule has 5 rings (SSSR count). The molecule has 1 spiro atoms. The van der Waals surface area contributed by atoms with Gasteiger partial charge in [0.2, 0.25) is 0 Å². The van der Waals surface area contributed by atoms with Crippen molar-refractivity contribution in [1.29, 1.82) is 5.41 Å². The van der Waals surface area contributed by atoms with Gasteiger partial charge in [0, 0.05) is 41.4 Å². The summed E-state index contributed by atoms with van der Waals surface area (Å²) in [6.07, 6.45) is 5.51. The fourth-order valence-electron chi connectivity index (χ4n) is 4.43. The third-order valence-corrected chi connectivity index (χ3v) is 7.25. The van der Waals surface area contributed by atoms with Crippen LogP contribution in [0.5, 0.6) is 5.75 Å². The highest BCUT2D eigenvalue weighted by Gasteiger charge is 2.46. The summed E-state index contributed by atoms with van der Waals surface area (Å²) in [6.45, 7) is 4.58. The van der Waals surface area contributed by atoms with E-state index in [1.165, 1.54) is 0 Å². The lowest BCUT2D eigenvalue weighted by molar-refractivity contribution is -0.0184. The van der Waals surface area contributed by atoms with Gasteiger partial charge in [0.05, 0.1) is 34.5 Å². The van der Waals surface area contributed by atoms with Crippen LogP contribution in [0.4, 0.5) is 11.5 Å². The number of nitrogens with zero attached hydrogens (tertiary/aromatic N) is 3. The van der Waals surface area contributed by atoms with Crippen LogP contribution < -0.4 is 15.4 Å². The van der Waals surface area contributed by atoms with Gasteiger partial charge in [-0.2, -0.15) is 0 Å². The highest BCUT2D eigenvalue weighted by atomic mass is 35.5. The molecule has 0 unspecified atom stereocenters. The van der Waals surface area contributed by atoms with Gasteiger partial charge in [0.25, 0.3) is 0 Å². The van der Waals surface area contributed by atoms with Crippen LogP contribution in [-0.2, 0) is 11.3 Å². The van der Waals surface area contributed by atoms with E-state index in [4.69, 9.17) is 43.8 Å². The molecule has 2 aromatic heterocycles. The average molecular weight is 498 g/mol. The highest BCUT2D eigenvalue weighted by molar-refractivity contribution is 6.36. The Bertz CT molecular complexity index is 1230. The lowest BCUT2D eigenvalue weighted by atomic mass is 9.91. The highest BCUT2D eigenvalue weighted by Crippen LogP contribution is 2.37. The predicted molar refractivity (Wildman–Crippen MR) is 134 cm³/mol. The van der Waals surface area contributed by atoms with Gasteiger partial charge < -0.3 is 20.1 Å². The first-order chi connectivity index (χ1) is 16.3. The van der Waals surface area contributed by atoms with E-state index < -0.39 is 0 Å². The molecular weight excluding hydrogens is 473 g/mol. The lowest BCUT2D eigenvalue weighted by Gasteiger charge is -2.47. The molecule has 7 nitrogen and oxygen atoms in total. The number of rotatable bonds is 6. The van der Waals surface area contributed by atoms with E-state index in [1.807, 2.05) is 19.1 Å². The minimum Gasteiger partial charge on any atom is -0.489 e. The number of hydrogen-bond donors (Lipinski definition) is 2. The Morgan fingerprint density at radius 3 is 2.74 bits per heavy atom. The van der Waals surface area contributed by atoms with Crippen LogP contribution in [0.2, 0.25) is 10.0 Å². The number of ether oxygens (including phenoxy) is 2. The summed E-state index contributed by atoms with van der Waals surface area (Å²) in [4.78, 5) is 10.9. The van der Waals surface area contributed by atoms with Crippen molar-refractivity contribution >= 4 is 40.4 Å². The van der Waals surface area contributed by atoms with Gasteiger partial charge in [-0.25, -0.2) is 4.98 Å². The summed E-state index contributed by atoms with van der Waals surface area (Å²) >= 11 is 12.6. The standard InChI is InChI=1S/C25H25Cl2N5O2/c1-15-23(27)19(20(26)11-30-15)12-33-17-4-5-21(28)18(9-17)24(29)16-3-6-22(31-10-16)32-13-25(14-32)7-2-8-34-25/h3-6,9-11,29H,2,7-8,12-14,28H2,1H3. The Hall–Kier alpha value is -2.87. The molecule has 2 aliphatic rings. The van der Waals surface area contributed by atoms with E-state index in [0.29, 0.717) is 43.9 Å². The van der Waals surface area contributed by atoms with Gasteiger partial charge in [0.15, 0.2) is 0 Å². The molecule has 1 aromatic carbocycles. The van der Waals surface area contributed by atoms with Crippen molar-refractivity contribution in [3.05, 3.63) is 75.2 Å². The number of aryl methyl sites for hydroxylation is 1. The summed E-state index contributed by atoms with van der Waals surface area (Å²) in [6, 6.07) is 9.07. The largest absolute Gasteiger partial charge is 0.489 e. The molecule has 3 aromatic rings. The fraction of sp³-hybridized carbons (Fsp3) is 0.320. The third-order valence-electron chi connectivity index (χ3n) is 6.42. The summed E-state index contributed by atoms with van der Waals surface area (Å²) < 4.78 is 11.8. The molecule has 2 aliphatic heterocycles. The molecule has 9 heteroatoms. The zero-order valence-corrected chi connectivity index (χ0v) is 20.3. The minimum atomic E-state index is 0.0192. The second-order valence-corrected chi connectivity index (χ2v) is 9.58. The van der Waals surface area contributed by atoms with E-state index in [-0.39, 0.29) is 17.9 Å². The molecule has 2 saturated heterocycles. The van der Waals surface area contributed by atoms with Crippen LogP contribution in [-0.4, -0.2) is 41.0 Å². The SMILES string of the molecule is Cc1ncc(Cl)c(COc2ccc(N)c(C(=N)c3ccc(N4CC5(CCCO5)C4)nc3)c2)c1Cl. The van der Waals surface area contributed by atoms with Gasteiger partial charge in [-0.1, -0.05) is 23.2 Å². The summed E-state index contributed by atoms with van der Waals surface area (Å²) in [7, 11) is 0. The number of nitrogens with one attached hydrogen (secondary N) is 1. The summed E-state index contributed by atoms with van der Waals surface area (Å²) in [5, 5.41) is 9.63. The predicted octanol–water partition coefficient (Wildman–Crippen LogP) is 5.04. The maximum absolute atomic E-state index is 8.71. The Labute approximate surface area is 208 Å². The third kappa shape index (κ3) is 4.31. The van der Waals surface area contributed by atoms with E-state index in [1.54, 1.807) is 30.6 Å². The van der Waals surface area contributed by atoms with Crippen molar-refractivity contribution in [3.63, 3.8) is 0 Å². The second kappa shape index (κ2) is 9.06. The number of benzene rings is 1. The minimum absolute atomic E-state index is 0.0192. The molecule has 0 amide bonds. The lowest BCUT2D eigenvalue weighted by Crippen LogP contribution is -2.61. The van der Waals surface area contributed by atoms with E-state index in [2.05, 4.69) is 14.9 Å². The van der Waals surface area contributed by atoms with Crippen LogP contribution in [0.15, 0.2) is 42.7 Å². The number of aromatic nitrogens is 2. The van der Waals surface area contributed by atoms with Crippen LogP contribution in [0.25, 0.3) is 0 Å².